The molecule has 0 atom stereocenters. The van der Waals surface area contributed by atoms with Crippen LogP contribution in [0.5, 0.6) is 0 Å². The number of carbonyl (C=O) groups excluding carboxylic acids is 1. The Labute approximate surface area is 101 Å². The van der Waals surface area contributed by atoms with Crippen molar-refractivity contribution >= 4 is 5.91 Å². The highest BCUT2D eigenvalue weighted by atomic mass is 19.1. The van der Waals surface area contributed by atoms with Crippen molar-refractivity contribution in [2.45, 2.75) is 31.2 Å². The molecule has 1 aromatic rings. The first-order chi connectivity index (χ1) is 8.16. The molecule has 3 heteroatoms. The number of benzene rings is 1. The molecule has 0 aromatic heterocycles. The lowest BCUT2D eigenvalue weighted by atomic mass is 9.88. The number of carbonyl (C=O) groups is 1. The normalized spacial score (nSPS) is 17.7. The van der Waals surface area contributed by atoms with E-state index in [0.29, 0.717) is 0 Å². The van der Waals surface area contributed by atoms with Crippen LogP contribution in [0, 0.1) is 5.82 Å². The molecule has 17 heavy (non-hydrogen) atoms. The minimum absolute atomic E-state index is 0.170. The van der Waals surface area contributed by atoms with Gasteiger partial charge in [0.25, 0.3) is 0 Å². The van der Waals surface area contributed by atoms with Crippen LogP contribution in [-0.4, -0.2) is 5.91 Å². The number of rotatable bonds is 3. The molecule has 1 N–H and O–H groups in total. The lowest BCUT2D eigenvalue weighted by molar-refractivity contribution is -0.118. The molecule has 0 aliphatic heterocycles. The Kier molecular flexibility index (Phi) is 3.27. The van der Waals surface area contributed by atoms with Gasteiger partial charge in [0.1, 0.15) is 5.82 Å². The van der Waals surface area contributed by atoms with Crippen LogP contribution in [0.25, 0.3) is 0 Å². The van der Waals surface area contributed by atoms with E-state index in [1.807, 2.05) is 0 Å². The third kappa shape index (κ3) is 2.38. The monoisotopic (exact) mass is 233 g/mol. The van der Waals surface area contributed by atoms with E-state index in [9.17, 15) is 9.18 Å². The van der Waals surface area contributed by atoms with E-state index in [4.69, 9.17) is 0 Å². The molecule has 0 spiro atoms. The second-order valence-electron chi connectivity index (χ2n) is 4.49. The second-order valence-corrected chi connectivity index (χ2v) is 4.49. The van der Waals surface area contributed by atoms with Crippen molar-refractivity contribution in [1.29, 1.82) is 0 Å². The van der Waals surface area contributed by atoms with Crippen molar-refractivity contribution in [3.05, 3.63) is 48.3 Å². The molecule has 0 bridgehead atoms. The lowest BCUT2D eigenvalue weighted by Crippen LogP contribution is -2.43. The Morgan fingerprint density at radius 1 is 1.29 bits per heavy atom. The maximum absolute atomic E-state index is 12.9. The number of amides is 1. The highest BCUT2D eigenvalue weighted by Gasteiger charge is 2.36. The van der Waals surface area contributed by atoms with Crippen LogP contribution < -0.4 is 5.32 Å². The standard InChI is InChI=1S/C14H16FNO/c1-2-13(17)16-14(9-3-4-10-14)11-5-7-12(15)8-6-11/h2,5-8H,1,3-4,9-10H2,(H,16,17). The van der Waals surface area contributed by atoms with E-state index in [0.717, 1.165) is 31.2 Å². The zero-order valence-corrected chi connectivity index (χ0v) is 9.71. The second kappa shape index (κ2) is 4.70. The number of nitrogens with one attached hydrogen (secondary N) is 1. The van der Waals surface area contributed by atoms with Crippen molar-refractivity contribution in [2.24, 2.45) is 0 Å². The van der Waals surface area contributed by atoms with Gasteiger partial charge in [0.15, 0.2) is 0 Å². The van der Waals surface area contributed by atoms with E-state index in [2.05, 4.69) is 11.9 Å². The van der Waals surface area contributed by atoms with Crippen LogP contribution in [0.1, 0.15) is 31.2 Å². The molecule has 2 nitrogen and oxygen atoms in total. The minimum Gasteiger partial charge on any atom is -0.343 e. The van der Waals surface area contributed by atoms with E-state index in [-0.39, 0.29) is 17.3 Å². The molecule has 1 fully saturated rings. The average Bonchev–Trinajstić information content (AvgIpc) is 2.79. The predicted molar refractivity (Wildman–Crippen MR) is 64.9 cm³/mol. The van der Waals surface area contributed by atoms with Gasteiger partial charge in [0.2, 0.25) is 5.91 Å². The predicted octanol–water partition coefficient (Wildman–Crippen LogP) is 2.90. The first kappa shape index (κ1) is 11.8. The highest BCUT2D eigenvalue weighted by molar-refractivity contribution is 5.87. The van der Waals surface area contributed by atoms with E-state index in [1.54, 1.807) is 12.1 Å². The smallest absolute Gasteiger partial charge is 0.244 e. The first-order valence-corrected chi connectivity index (χ1v) is 5.87. The summed E-state index contributed by atoms with van der Waals surface area (Å²) >= 11 is 0. The van der Waals surface area contributed by atoms with Crippen LogP contribution in [0.2, 0.25) is 0 Å². The summed E-state index contributed by atoms with van der Waals surface area (Å²) in [6.07, 6.45) is 5.24. The van der Waals surface area contributed by atoms with Crippen molar-refractivity contribution < 1.29 is 9.18 Å². The van der Waals surface area contributed by atoms with Crippen molar-refractivity contribution in [3.8, 4) is 0 Å². The van der Waals surface area contributed by atoms with Gasteiger partial charge < -0.3 is 5.32 Å². The topological polar surface area (TPSA) is 29.1 Å². The fraction of sp³-hybridized carbons (Fsp3) is 0.357. The maximum atomic E-state index is 12.9. The maximum Gasteiger partial charge on any atom is 0.244 e. The number of halogens is 1. The molecule has 1 aromatic carbocycles. The Hall–Kier alpha value is -1.64. The van der Waals surface area contributed by atoms with Crippen LogP contribution in [0.15, 0.2) is 36.9 Å². The Morgan fingerprint density at radius 3 is 2.41 bits per heavy atom. The molecule has 90 valence electrons. The number of hydrogen-bond donors (Lipinski definition) is 1. The van der Waals surface area contributed by atoms with Gasteiger partial charge in [-0.25, -0.2) is 4.39 Å². The summed E-state index contributed by atoms with van der Waals surface area (Å²) in [6, 6.07) is 6.39. The van der Waals surface area contributed by atoms with Gasteiger partial charge in [0.05, 0.1) is 5.54 Å². The van der Waals surface area contributed by atoms with Crippen molar-refractivity contribution in [3.63, 3.8) is 0 Å². The summed E-state index contributed by atoms with van der Waals surface area (Å²) in [5.41, 5.74) is 0.644. The molecule has 0 heterocycles. The summed E-state index contributed by atoms with van der Waals surface area (Å²) in [7, 11) is 0. The lowest BCUT2D eigenvalue weighted by Gasteiger charge is -2.30. The minimum atomic E-state index is -0.334. The number of hydrogen-bond acceptors (Lipinski definition) is 1. The van der Waals surface area contributed by atoms with Gasteiger partial charge in [-0.3, -0.25) is 4.79 Å². The molecular weight excluding hydrogens is 217 g/mol. The first-order valence-electron chi connectivity index (χ1n) is 5.87. The largest absolute Gasteiger partial charge is 0.343 e. The van der Waals surface area contributed by atoms with Gasteiger partial charge in [-0.05, 0) is 36.6 Å². The summed E-state index contributed by atoms with van der Waals surface area (Å²) < 4.78 is 12.9. The molecule has 1 aliphatic rings. The van der Waals surface area contributed by atoms with Crippen molar-refractivity contribution in [1.82, 2.24) is 5.32 Å². The third-order valence-electron chi connectivity index (χ3n) is 3.40. The molecule has 0 saturated heterocycles. The Balaban J connectivity index is 2.30. The van der Waals surface area contributed by atoms with Gasteiger partial charge in [-0.2, -0.15) is 0 Å². The zero-order valence-electron chi connectivity index (χ0n) is 9.71. The third-order valence-corrected chi connectivity index (χ3v) is 3.40. The summed E-state index contributed by atoms with van der Waals surface area (Å²) in [5, 5.41) is 3.00. The Morgan fingerprint density at radius 2 is 1.88 bits per heavy atom. The summed E-state index contributed by atoms with van der Waals surface area (Å²) in [6.45, 7) is 3.47. The van der Waals surface area contributed by atoms with Gasteiger partial charge in [-0.15, -0.1) is 0 Å². The highest BCUT2D eigenvalue weighted by Crippen LogP contribution is 2.38. The molecule has 2 rings (SSSR count). The molecular formula is C14H16FNO. The molecule has 1 aliphatic carbocycles. The van der Waals surface area contributed by atoms with Gasteiger partial charge in [0, 0.05) is 0 Å². The van der Waals surface area contributed by atoms with E-state index >= 15 is 0 Å². The molecule has 1 amide bonds. The fourth-order valence-electron chi connectivity index (χ4n) is 2.52. The van der Waals surface area contributed by atoms with Gasteiger partial charge in [-0.1, -0.05) is 31.6 Å². The van der Waals surface area contributed by atoms with Gasteiger partial charge >= 0.3 is 0 Å². The molecule has 1 saturated carbocycles. The zero-order chi connectivity index (χ0) is 12.3. The average molecular weight is 233 g/mol. The van der Waals surface area contributed by atoms with Crippen LogP contribution in [-0.2, 0) is 10.3 Å². The quantitative estimate of drug-likeness (QED) is 0.799. The molecule has 0 unspecified atom stereocenters. The van der Waals surface area contributed by atoms with Crippen LogP contribution in [0.4, 0.5) is 4.39 Å². The Bertz CT molecular complexity index is 418. The summed E-state index contributed by atoms with van der Waals surface area (Å²) in [5.74, 6) is -0.423. The van der Waals surface area contributed by atoms with Crippen LogP contribution in [0.3, 0.4) is 0 Å². The fourth-order valence-corrected chi connectivity index (χ4v) is 2.52. The van der Waals surface area contributed by atoms with Crippen LogP contribution >= 0.6 is 0 Å². The SMILES string of the molecule is C=CC(=O)NC1(c2ccc(F)cc2)CCCC1. The van der Waals surface area contributed by atoms with E-state index < -0.39 is 0 Å². The van der Waals surface area contributed by atoms with E-state index in [1.165, 1.54) is 18.2 Å². The molecule has 0 radical (unpaired) electrons. The summed E-state index contributed by atoms with van der Waals surface area (Å²) in [4.78, 5) is 11.5. The van der Waals surface area contributed by atoms with Crippen molar-refractivity contribution in [2.75, 3.05) is 0 Å².